The third-order valence-electron chi connectivity index (χ3n) is 1.03. The van der Waals surface area contributed by atoms with Crippen molar-refractivity contribution in [2.75, 3.05) is 0 Å². The van der Waals surface area contributed by atoms with Crippen LogP contribution >= 0.6 is 24.0 Å². The van der Waals surface area contributed by atoms with Crippen molar-refractivity contribution in [2.24, 2.45) is 0 Å². The fourth-order valence-electron chi connectivity index (χ4n) is 0.250. The molecule has 0 aromatic heterocycles. The van der Waals surface area contributed by atoms with Crippen LogP contribution in [0.4, 0.5) is 0 Å². The summed E-state index contributed by atoms with van der Waals surface area (Å²) in [5, 5.41) is 0. The molecule has 0 saturated heterocycles. The van der Waals surface area contributed by atoms with Crippen LogP contribution in [0.3, 0.4) is 0 Å². The van der Waals surface area contributed by atoms with Crippen molar-refractivity contribution in [2.45, 2.75) is 21.8 Å². The Morgan fingerprint density at radius 2 is 1.43 bits per heavy atom. The summed E-state index contributed by atoms with van der Waals surface area (Å²) >= 11 is 5.67. The second kappa shape index (κ2) is 3.82. The minimum absolute atomic E-state index is 1.35. The predicted molar refractivity (Wildman–Crippen MR) is 44.6 cm³/mol. The van der Waals surface area contributed by atoms with Crippen LogP contribution in [0.25, 0.3) is 0 Å². The minimum atomic E-state index is -1.77. The Kier molecular flexibility index (Phi) is 4.85. The van der Waals surface area contributed by atoms with Gasteiger partial charge < -0.3 is 0 Å². The molecule has 7 heavy (non-hydrogen) atoms. The zero-order valence-corrected chi connectivity index (χ0v) is 11.7. The van der Waals surface area contributed by atoms with Crippen molar-refractivity contribution in [3.63, 3.8) is 0 Å². The molecule has 0 atom stereocenters. The number of hydrogen-bond donors (Lipinski definition) is 0. The second-order valence-electron chi connectivity index (χ2n) is 1.56. The van der Waals surface area contributed by atoms with Gasteiger partial charge in [-0.15, -0.1) is 0 Å². The van der Waals surface area contributed by atoms with E-state index >= 15 is 0 Å². The molecule has 0 spiro atoms. The molecular weight excluding hydrogens is 415 g/mol. The van der Waals surface area contributed by atoms with Crippen LogP contribution in [0.2, 0.25) is 7.96 Å². The Hall–Kier alpha value is 1.88. The number of halogens is 2. The fraction of sp³-hybridized carbons (Fsp3) is 1.00. The monoisotopic (exact) mass is 424 g/mol. The summed E-state index contributed by atoms with van der Waals surface area (Å²) in [6.45, 7) is 4.49. The van der Waals surface area contributed by atoms with E-state index in [1.165, 1.54) is 7.96 Å². The van der Waals surface area contributed by atoms with Crippen LogP contribution in [-0.4, -0.2) is 16.4 Å². The van der Waals surface area contributed by atoms with Crippen molar-refractivity contribution < 1.29 is 0 Å². The molecule has 0 unspecified atom stereocenters. The summed E-state index contributed by atoms with van der Waals surface area (Å²) in [5.74, 6) is 0. The van der Waals surface area contributed by atoms with E-state index in [0.29, 0.717) is 0 Å². The molecule has 0 saturated carbocycles. The van der Waals surface area contributed by atoms with Gasteiger partial charge in [-0.05, 0) is 0 Å². The molecule has 0 bridgehead atoms. The summed E-state index contributed by atoms with van der Waals surface area (Å²) in [6, 6.07) is 0. The van der Waals surface area contributed by atoms with Crippen LogP contribution in [0.1, 0.15) is 13.8 Å². The van der Waals surface area contributed by atoms with Crippen LogP contribution in [0.15, 0.2) is 0 Å². The van der Waals surface area contributed by atoms with Crippen LogP contribution in [0, 0.1) is 0 Å². The summed E-state index contributed by atoms with van der Waals surface area (Å²) in [5.41, 5.74) is 0. The van der Waals surface area contributed by atoms with E-state index in [4.69, 9.17) is 0 Å². The average molecular weight is 425 g/mol. The molecule has 0 heterocycles. The maximum absolute atomic E-state index is 3.72. The van der Waals surface area contributed by atoms with E-state index in [0.717, 1.165) is 0 Å². The first-order valence-electron chi connectivity index (χ1n) is 2.50. The van der Waals surface area contributed by atoms with E-state index in [1.54, 1.807) is 0 Å². The van der Waals surface area contributed by atoms with E-state index in [-0.39, 0.29) is 0 Å². The predicted octanol–water partition coefficient (Wildman–Crippen LogP) is 3.26. The van der Waals surface area contributed by atoms with Crippen LogP contribution < -0.4 is 0 Å². The van der Waals surface area contributed by atoms with Gasteiger partial charge in [0.2, 0.25) is 0 Å². The molecular formula is C4H10Br2Pb. The van der Waals surface area contributed by atoms with Crippen molar-refractivity contribution in [3.8, 4) is 0 Å². The summed E-state index contributed by atoms with van der Waals surface area (Å²) in [4.78, 5) is 0. The molecule has 0 nitrogen and oxygen atoms in total. The van der Waals surface area contributed by atoms with Gasteiger partial charge in [0.05, 0.1) is 0 Å². The molecule has 0 aromatic carbocycles. The number of hydrogen-bond acceptors (Lipinski definition) is 0. The van der Waals surface area contributed by atoms with Crippen LogP contribution in [-0.2, 0) is 0 Å². The molecule has 0 aromatic rings. The average Bonchev–Trinajstić information content (AvgIpc) is 1.68. The summed E-state index contributed by atoms with van der Waals surface area (Å²) < 4.78 is 2.70. The first kappa shape index (κ1) is 8.88. The van der Waals surface area contributed by atoms with Crippen LogP contribution in [0.5, 0.6) is 0 Å². The molecule has 0 fully saturated rings. The Bertz CT molecular complexity index is 47.7. The molecule has 3 heteroatoms. The van der Waals surface area contributed by atoms with Gasteiger partial charge in [0, 0.05) is 0 Å². The third-order valence-corrected chi connectivity index (χ3v) is 28.8. The Labute approximate surface area is 61.3 Å². The quantitative estimate of drug-likeness (QED) is 0.597. The van der Waals surface area contributed by atoms with E-state index in [9.17, 15) is 0 Å². The van der Waals surface area contributed by atoms with Gasteiger partial charge in [-0.25, -0.2) is 0 Å². The van der Waals surface area contributed by atoms with Gasteiger partial charge in [0.15, 0.2) is 0 Å². The zero-order chi connectivity index (χ0) is 5.91. The normalized spacial score (nSPS) is 12.0. The van der Waals surface area contributed by atoms with Crippen molar-refractivity contribution >= 4 is 40.3 Å². The van der Waals surface area contributed by atoms with Gasteiger partial charge in [-0.1, -0.05) is 0 Å². The topological polar surface area (TPSA) is 0 Å². The van der Waals surface area contributed by atoms with Gasteiger partial charge in [-0.3, -0.25) is 0 Å². The van der Waals surface area contributed by atoms with Crippen molar-refractivity contribution in [3.05, 3.63) is 0 Å². The van der Waals surface area contributed by atoms with Crippen molar-refractivity contribution in [1.29, 1.82) is 0 Å². The molecule has 0 rings (SSSR count). The first-order chi connectivity index (χ1) is 3.12. The standard InChI is InChI=1S/2C2H5.2BrH.Pb/c2*1-2;;;/h2*1H2,2H3;2*1H;/q;;;;+2/p-2. The zero-order valence-electron chi connectivity index (χ0n) is 4.67. The maximum atomic E-state index is 3.72. The summed E-state index contributed by atoms with van der Waals surface area (Å²) in [7, 11) is 0. The fourth-order valence-corrected chi connectivity index (χ4v) is 2.19. The Morgan fingerprint density at radius 3 is 1.43 bits per heavy atom. The van der Waals surface area contributed by atoms with E-state index in [2.05, 4.69) is 37.8 Å². The van der Waals surface area contributed by atoms with Crippen molar-refractivity contribution in [1.82, 2.24) is 0 Å². The molecule has 0 N–H and O–H groups in total. The first-order valence-corrected chi connectivity index (χ1v) is 24.9. The van der Waals surface area contributed by atoms with E-state index < -0.39 is 16.4 Å². The van der Waals surface area contributed by atoms with Gasteiger partial charge >= 0.3 is 62.1 Å². The Morgan fingerprint density at radius 1 is 1.14 bits per heavy atom. The third kappa shape index (κ3) is 4.39. The number of rotatable bonds is 2. The molecule has 0 amide bonds. The molecule has 0 aliphatic rings. The molecule has 0 aliphatic heterocycles. The van der Waals surface area contributed by atoms with Gasteiger partial charge in [0.1, 0.15) is 0 Å². The van der Waals surface area contributed by atoms with E-state index in [1.807, 2.05) is 0 Å². The second-order valence-corrected chi connectivity index (χ2v) is 49.7. The SMILES string of the molecule is C[CH2][Pb]([Br])([Br])[CH2]C. The van der Waals surface area contributed by atoms with Gasteiger partial charge in [-0.2, -0.15) is 0 Å². The molecule has 44 valence electrons. The molecule has 0 aliphatic carbocycles. The van der Waals surface area contributed by atoms with Gasteiger partial charge in [0.25, 0.3) is 0 Å². The summed E-state index contributed by atoms with van der Waals surface area (Å²) in [6.07, 6.45) is 0. The molecule has 0 radical (unpaired) electrons. The Balaban J connectivity index is 3.36.